The number of carbonyl (C=O) groups excluding carboxylic acids is 1. The SMILES string of the molecule is O=C=NC1(c2c(F)ccc(Cl)c2Br)CC1. The molecule has 0 spiro atoms. The molecule has 0 amide bonds. The van der Waals surface area contributed by atoms with Crippen LogP contribution < -0.4 is 0 Å². The van der Waals surface area contributed by atoms with Crippen LogP contribution in [0.5, 0.6) is 0 Å². The molecule has 78 valence electrons. The Bertz CT molecular complexity index is 467. The Morgan fingerprint density at radius 2 is 2.20 bits per heavy atom. The molecule has 0 radical (unpaired) electrons. The zero-order chi connectivity index (χ0) is 11.1. The summed E-state index contributed by atoms with van der Waals surface area (Å²) in [5.74, 6) is -0.400. The molecule has 1 aliphatic carbocycles. The smallest absolute Gasteiger partial charge is 0.211 e. The first-order chi connectivity index (χ1) is 7.10. The molecule has 1 saturated carbocycles. The van der Waals surface area contributed by atoms with Crippen LogP contribution in [0.1, 0.15) is 18.4 Å². The van der Waals surface area contributed by atoms with Crippen LogP contribution in [-0.2, 0) is 10.3 Å². The van der Waals surface area contributed by atoms with E-state index in [1.807, 2.05) is 0 Å². The number of benzene rings is 1. The highest BCUT2D eigenvalue weighted by atomic mass is 79.9. The van der Waals surface area contributed by atoms with E-state index in [-0.39, 0.29) is 0 Å². The Balaban J connectivity index is 2.62. The zero-order valence-electron chi connectivity index (χ0n) is 7.56. The van der Waals surface area contributed by atoms with E-state index in [0.29, 0.717) is 27.9 Å². The van der Waals surface area contributed by atoms with Gasteiger partial charge in [-0.3, -0.25) is 0 Å². The number of hydrogen-bond acceptors (Lipinski definition) is 2. The van der Waals surface area contributed by atoms with Gasteiger partial charge in [-0.1, -0.05) is 11.6 Å². The van der Waals surface area contributed by atoms with Crippen molar-refractivity contribution in [1.82, 2.24) is 0 Å². The van der Waals surface area contributed by atoms with Gasteiger partial charge in [-0.2, -0.15) is 4.99 Å². The van der Waals surface area contributed by atoms with Gasteiger partial charge in [-0.15, -0.1) is 0 Å². The molecular weight excluding hydrogens is 284 g/mol. The van der Waals surface area contributed by atoms with E-state index < -0.39 is 11.4 Å². The molecule has 0 bridgehead atoms. The molecular formula is C10H6BrClFNO. The molecule has 1 aromatic rings. The third kappa shape index (κ3) is 1.73. The molecule has 5 heteroatoms. The second-order valence-electron chi connectivity index (χ2n) is 3.45. The predicted molar refractivity (Wildman–Crippen MR) is 58.1 cm³/mol. The second-order valence-corrected chi connectivity index (χ2v) is 4.65. The summed E-state index contributed by atoms with van der Waals surface area (Å²) in [5.41, 5.74) is -0.381. The van der Waals surface area contributed by atoms with E-state index in [1.165, 1.54) is 18.2 Å². The number of hydrogen-bond donors (Lipinski definition) is 0. The van der Waals surface area contributed by atoms with Gasteiger partial charge in [0.1, 0.15) is 11.4 Å². The largest absolute Gasteiger partial charge is 0.235 e. The first-order valence-corrected chi connectivity index (χ1v) is 5.51. The molecule has 2 nitrogen and oxygen atoms in total. The minimum atomic E-state index is -0.741. The molecule has 0 atom stereocenters. The number of isocyanates is 1. The van der Waals surface area contributed by atoms with Gasteiger partial charge in [-0.05, 0) is 40.9 Å². The predicted octanol–water partition coefficient (Wildman–Crippen LogP) is 3.57. The summed E-state index contributed by atoms with van der Waals surface area (Å²) in [5, 5.41) is 0.416. The van der Waals surface area contributed by atoms with Gasteiger partial charge in [0, 0.05) is 10.0 Å². The van der Waals surface area contributed by atoms with E-state index in [0.717, 1.165) is 0 Å². The minimum absolute atomic E-state index is 0.360. The third-order valence-electron chi connectivity index (χ3n) is 2.49. The van der Waals surface area contributed by atoms with Crippen LogP contribution in [0.4, 0.5) is 4.39 Å². The number of aliphatic imine (C=N–C) groups is 1. The van der Waals surface area contributed by atoms with Gasteiger partial charge in [0.25, 0.3) is 0 Å². The fourth-order valence-electron chi connectivity index (χ4n) is 1.58. The van der Waals surface area contributed by atoms with Crippen LogP contribution in [0.2, 0.25) is 5.02 Å². The fourth-order valence-corrected chi connectivity index (χ4v) is 2.43. The normalized spacial score (nSPS) is 17.0. The maximum absolute atomic E-state index is 13.6. The van der Waals surface area contributed by atoms with Crippen LogP contribution in [0, 0.1) is 5.82 Å². The van der Waals surface area contributed by atoms with Crippen molar-refractivity contribution < 1.29 is 9.18 Å². The lowest BCUT2D eigenvalue weighted by Gasteiger charge is -2.12. The highest BCUT2D eigenvalue weighted by Crippen LogP contribution is 2.53. The number of halogens is 3. The van der Waals surface area contributed by atoms with Crippen molar-refractivity contribution in [2.45, 2.75) is 18.4 Å². The lowest BCUT2D eigenvalue weighted by atomic mass is 10.1. The average Bonchev–Trinajstić information content (AvgIpc) is 2.94. The average molecular weight is 291 g/mol. The van der Waals surface area contributed by atoms with Crippen molar-refractivity contribution in [1.29, 1.82) is 0 Å². The van der Waals surface area contributed by atoms with Crippen molar-refractivity contribution in [3.8, 4) is 0 Å². The quantitative estimate of drug-likeness (QED) is 0.465. The van der Waals surface area contributed by atoms with E-state index >= 15 is 0 Å². The highest BCUT2D eigenvalue weighted by Gasteiger charge is 2.48. The summed E-state index contributed by atoms with van der Waals surface area (Å²) >= 11 is 9.08. The third-order valence-corrected chi connectivity index (χ3v) is 3.86. The molecule has 15 heavy (non-hydrogen) atoms. The Kier molecular flexibility index (Phi) is 2.67. The van der Waals surface area contributed by atoms with Gasteiger partial charge in [0.05, 0.1) is 5.02 Å². The Labute approximate surface area is 99.3 Å². The molecule has 0 heterocycles. The highest BCUT2D eigenvalue weighted by molar-refractivity contribution is 9.10. The molecule has 0 unspecified atom stereocenters. The maximum Gasteiger partial charge on any atom is 0.235 e. The topological polar surface area (TPSA) is 29.4 Å². The van der Waals surface area contributed by atoms with Crippen molar-refractivity contribution in [3.05, 3.63) is 33.0 Å². The van der Waals surface area contributed by atoms with Crippen LogP contribution in [0.3, 0.4) is 0 Å². The molecule has 1 fully saturated rings. The molecule has 0 aromatic heterocycles. The van der Waals surface area contributed by atoms with Gasteiger partial charge in [0.15, 0.2) is 0 Å². The summed E-state index contributed by atoms with van der Waals surface area (Å²) in [6, 6.07) is 2.74. The summed E-state index contributed by atoms with van der Waals surface area (Å²) in [6.45, 7) is 0. The summed E-state index contributed by atoms with van der Waals surface area (Å²) in [6.07, 6.45) is 2.79. The molecule has 1 aliphatic rings. The zero-order valence-corrected chi connectivity index (χ0v) is 9.90. The number of rotatable bonds is 2. The van der Waals surface area contributed by atoms with Crippen LogP contribution >= 0.6 is 27.5 Å². The summed E-state index contributed by atoms with van der Waals surface area (Å²) < 4.78 is 14.1. The van der Waals surface area contributed by atoms with E-state index in [1.54, 1.807) is 0 Å². The first kappa shape index (κ1) is 10.8. The van der Waals surface area contributed by atoms with Crippen molar-refractivity contribution in [2.24, 2.45) is 4.99 Å². The van der Waals surface area contributed by atoms with Gasteiger partial charge >= 0.3 is 0 Å². The molecule has 0 saturated heterocycles. The van der Waals surface area contributed by atoms with Gasteiger partial charge < -0.3 is 0 Å². The molecule has 2 rings (SSSR count). The Hall–Kier alpha value is -0.700. The standard InChI is InChI=1S/C10H6BrClFNO/c11-9-6(12)1-2-7(13)8(9)10(3-4-10)14-5-15/h1-2H,3-4H2. The van der Waals surface area contributed by atoms with Gasteiger partial charge in [-0.25, -0.2) is 9.18 Å². The van der Waals surface area contributed by atoms with E-state index in [9.17, 15) is 9.18 Å². The Morgan fingerprint density at radius 1 is 1.53 bits per heavy atom. The van der Waals surface area contributed by atoms with E-state index in [2.05, 4.69) is 20.9 Å². The van der Waals surface area contributed by atoms with Crippen LogP contribution in [-0.4, -0.2) is 6.08 Å². The van der Waals surface area contributed by atoms with E-state index in [4.69, 9.17) is 11.6 Å². The second kappa shape index (κ2) is 3.71. The van der Waals surface area contributed by atoms with Crippen molar-refractivity contribution in [3.63, 3.8) is 0 Å². The first-order valence-electron chi connectivity index (χ1n) is 4.34. The molecule has 0 N–H and O–H groups in total. The lowest BCUT2D eigenvalue weighted by Crippen LogP contribution is -2.07. The lowest BCUT2D eigenvalue weighted by molar-refractivity contribution is 0.547. The van der Waals surface area contributed by atoms with Crippen LogP contribution in [0.25, 0.3) is 0 Å². The monoisotopic (exact) mass is 289 g/mol. The summed E-state index contributed by atoms with van der Waals surface area (Å²) in [7, 11) is 0. The van der Waals surface area contributed by atoms with Crippen molar-refractivity contribution >= 4 is 33.6 Å². The van der Waals surface area contributed by atoms with Gasteiger partial charge in [0.2, 0.25) is 6.08 Å². The summed E-state index contributed by atoms with van der Waals surface area (Å²) in [4.78, 5) is 13.9. The maximum atomic E-state index is 13.6. The Morgan fingerprint density at radius 3 is 2.73 bits per heavy atom. The van der Waals surface area contributed by atoms with Crippen LogP contribution in [0.15, 0.2) is 21.6 Å². The molecule has 1 aromatic carbocycles. The fraction of sp³-hybridized carbons (Fsp3) is 0.300. The molecule has 0 aliphatic heterocycles. The van der Waals surface area contributed by atoms with Crippen molar-refractivity contribution in [2.75, 3.05) is 0 Å². The number of nitrogens with zero attached hydrogens (tertiary/aromatic N) is 1. The minimum Gasteiger partial charge on any atom is -0.211 e.